The molecule has 4 nitrogen and oxygen atoms in total. The molecule has 1 saturated heterocycles. The average molecular weight is 210 g/mol. The van der Waals surface area contributed by atoms with Gasteiger partial charge in [-0.15, -0.1) is 0 Å². The molecule has 2 fully saturated rings. The van der Waals surface area contributed by atoms with Crippen LogP contribution < -0.4 is 10.6 Å². The Kier molecular flexibility index (Phi) is 3.23. The Balaban J connectivity index is 1.85. The van der Waals surface area contributed by atoms with Gasteiger partial charge in [-0.25, -0.2) is 0 Å². The topological polar surface area (TPSA) is 58.2 Å². The minimum atomic E-state index is -0.283. The van der Waals surface area contributed by atoms with Gasteiger partial charge >= 0.3 is 0 Å². The van der Waals surface area contributed by atoms with E-state index in [4.69, 9.17) is 0 Å². The second-order valence-electron chi connectivity index (χ2n) is 4.58. The van der Waals surface area contributed by atoms with Gasteiger partial charge in [-0.1, -0.05) is 32.1 Å². The normalized spacial score (nSPS) is 28.4. The Morgan fingerprint density at radius 1 is 1.13 bits per heavy atom. The maximum absolute atomic E-state index is 11.5. The lowest BCUT2D eigenvalue weighted by Crippen LogP contribution is -2.56. The number of carbonyl (C=O) groups is 2. The molecule has 1 saturated carbocycles. The van der Waals surface area contributed by atoms with E-state index in [2.05, 4.69) is 10.6 Å². The third kappa shape index (κ3) is 2.70. The van der Waals surface area contributed by atoms with E-state index in [1.807, 2.05) is 0 Å². The fourth-order valence-corrected chi connectivity index (χ4v) is 2.52. The number of rotatable bonds is 2. The van der Waals surface area contributed by atoms with Gasteiger partial charge in [0.25, 0.3) is 0 Å². The third-order valence-corrected chi connectivity index (χ3v) is 3.37. The first-order valence-corrected chi connectivity index (χ1v) is 5.83. The zero-order valence-electron chi connectivity index (χ0n) is 8.92. The van der Waals surface area contributed by atoms with E-state index in [-0.39, 0.29) is 24.4 Å². The molecule has 2 N–H and O–H groups in total. The molecule has 0 spiro atoms. The van der Waals surface area contributed by atoms with Crippen LogP contribution in [0.2, 0.25) is 0 Å². The van der Waals surface area contributed by atoms with Crippen molar-refractivity contribution in [2.45, 2.75) is 44.6 Å². The Morgan fingerprint density at radius 3 is 2.60 bits per heavy atom. The molecular weight excluding hydrogens is 192 g/mol. The molecule has 0 aromatic carbocycles. The van der Waals surface area contributed by atoms with Gasteiger partial charge in [0, 0.05) is 0 Å². The van der Waals surface area contributed by atoms with Gasteiger partial charge in [-0.05, 0) is 12.3 Å². The summed E-state index contributed by atoms with van der Waals surface area (Å²) in [6.07, 6.45) is 7.09. The summed E-state index contributed by atoms with van der Waals surface area (Å²) in [5.41, 5.74) is 0. The smallest absolute Gasteiger partial charge is 0.243 e. The zero-order valence-corrected chi connectivity index (χ0v) is 8.92. The summed E-state index contributed by atoms with van der Waals surface area (Å²) in [6.45, 7) is 0.139. The summed E-state index contributed by atoms with van der Waals surface area (Å²) in [7, 11) is 0. The molecule has 4 heteroatoms. The van der Waals surface area contributed by atoms with E-state index in [1.165, 1.54) is 32.1 Å². The molecule has 2 amide bonds. The van der Waals surface area contributed by atoms with Gasteiger partial charge in [-0.3, -0.25) is 9.59 Å². The van der Waals surface area contributed by atoms with Gasteiger partial charge in [-0.2, -0.15) is 0 Å². The molecule has 0 bridgehead atoms. The van der Waals surface area contributed by atoms with Gasteiger partial charge in [0.1, 0.15) is 6.04 Å². The number of hydrogen-bond donors (Lipinski definition) is 2. The Hall–Kier alpha value is -1.06. The minimum absolute atomic E-state index is 0.0137. The zero-order chi connectivity index (χ0) is 10.7. The largest absolute Gasteiger partial charge is 0.345 e. The summed E-state index contributed by atoms with van der Waals surface area (Å²) < 4.78 is 0. The molecule has 1 heterocycles. The monoisotopic (exact) mass is 210 g/mol. The molecule has 1 aliphatic carbocycles. The number of amides is 2. The van der Waals surface area contributed by atoms with Crippen LogP contribution in [0.5, 0.6) is 0 Å². The molecule has 15 heavy (non-hydrogen) atoms. The van der Waals surface area contributed by atoms with E-state index in [9.17, 15) is 9.59 Å². The van der Waals surface area contributed by atoms with E-state index >= 15 is 0 Å². The van der Waals surface area contributed by atoms with Gasteiger partial charge < -0.3 is 10.6 Å². The van der Waals surface area contributed by atoms with Crippen molar-refractivity contribution < 1.29 is 9.59 Å². The highest BCUT2D eigenvalue weighted by Gasteiger charge is 2.28. The summed E-state index contributed by atoms with van der Waals surface area (Å²) in [5.74, 6) is 0.545. The second kappa shape index (κ2) is 4.64. The van der Waals surface area contributed by atoms with Crippen molar-refractivity contribution in [3.8, 4) is 0 Å². The second-order valence-corrected chi connectivity index (χ2v) is 4.58. The van der Waals surface area contributed by atoms with Crippen LogP contribution in [0.25, 0.3) is 0 Å². The SMILES string of the molecule is O=C1CNC(=O)[C@@H](CC2CCCCC2)N1. The summed E-state index contributed by atoms with van der Waals surface area (Å²) in [5, 5.41) is 5.38. The van der Waals surface area contributed by atoms with Gasteiger partial charge in [0.2, 0.25) is 11.8 Å². The highest BCUT2D eigenvalue weighted by Crippen LogP contribution is 2.27. The van der Waals surface area contributed by atoms with Crippen LogP contribution in [0, 0.1) is 5.92 Å². The summed E-state index contributed by atoms with van der Waals surface area (Å²) >= 11 is 0. The summed E-state index contributed by atoms with van der Waals surface area (Å²) in [6, 6.07) is -0.283. The fourth-order valence-electron chi connectivity index (χ4n) is 2.52. The predicted molar refractivity (Wildman–Crippen MR) is 56.1 cm³/mol. The minimum Gasteiger partial charge on any atom is -0.345 e. The van der Waals surface area contributed by atoms with Crippen LogP contribution in [0.3, 0.4) is 0 Å². The molecule has 1 atom stereocenters. The molecular formula is C11H18N2O2. The van der Waals surface area contributed by atoms with Crippen molar-refractivity contribution in [3.05, 3.63) is 0 Å². The number of hydrogen-bond acceptors (Lipinski definition) is 2. The first-order valence-electron chi connectivity index (χ1n) is 5.83. The molecule has 84 valence electrons. The highest BCUT2D eigenvalue weighted by molar-refractivity contribution is 5.94. The molecule has 0 aromatic heterocycles. The van der Waals surface area contributed by atoms with Crippen molar-refractivity contribution in [1.29, 1.82) is 0 Å². The highest BCUT2D eigenvalue weighted by atomic mass is 16.2. The lowest BCUT2D eigenvalue weighted by molar-refractivity contribution is -0.134. The summed E-state index contributed by atoms with van der Waals surface area (Å²) in [4.78, 5) is 22.6. The maximum Gasteiger partial charge on any atom is 0.243 e. The fraction of sp³-hybridized carbons (Fsp3) is 0.818. The van der Waals surface area contributed by atoms with Crippen LogP contribution in [0.1, 0.15) is 38.5 Å². The van der Waals surface area contributed by atoms with Crippen molar-refractivity contribution >= 4 is 11.8 Å². The molecule has 0 aromatic rings. The Morgan fingerprint density at radius 2 is 1.87 bits per heavy atom. The molecule has 2 aliphatic rings. The first-order chi connectivity index (χ1) is 7.25. The molecule has 2 rings (SSSR count). The number of carbonyl (C=O) groups excluding carboxylic acids is 2. The van der Waals surface area contributed by atoms with Crippen molar-refractivity contribution in [2.75, 3.05) is 6.54 Å². The van der Waals surface area contributed by atoms with E-state index in [0.29, 0.717) is 5.92 Å². The number of nitrogens with one attached hydrogen (secondary N) is 2. The third-order valence-electron chi connectivity index (χ3n) is 3.37. The predicted octanol–water partition coefficient (Wildman–Crippen LogP) is 0.571. The Labute approximate surface area is 89.8 Å². The van der Waals surface area contributed by atoms with Crippen molar-refractivity contribution in [2.24, 2.45) is 5.92 Å². The van der Waals surface area contributed by atoms with Crippen LogP contribution in [0.15, 0.2) is 0 Å². The lowest BCUT2D eigenvalue weighted by Gasteiger charge is -2.28. The first kappa shape index (κ1) is 10.5. The van der Waals surface area contributed by atoms with Crippen molar-refractivity contribution in [1.82, 2.24) is 10.6 Å². The van der Waals surface area contributed by atoms with Gasteiger partial charge in [0.15, 0.2) is 0 Å². The molecule has 1 aliphatic heterocycles. The quantitative estimate of drug-likeness (QED) is 0.700. The molecule has 0 radical (unpaired) electrons. The average Bonchev–Trinajstić information content (AvgIpc) is 2.25. The van der Waals surface area contributed by atoms with Crippen LogP contribution >= 0.6 is 0 Å². The van der Waals surface area contributed by atoms with E-state index in [1.54, 1.807) is 0 Å². The van der Waals surface area contributed by atoms with E-state index in [0.717, 1.165) is 6.42 Å². The van der Waals surface area contributed by atoms with Crippen LogP contribution in [-0.2, 0) is 9.59 Å². The Bertz CT molecular complexity index is 259. The van der Waals surface area contributed by atoms with Crippen LogP contribution in [-0.4, -0.2) is 24.4 Å². The maximum atomic E-state index is 11.5. The van der Waals surface area contributed by atoms with Crippen molar-refractivity contribution in [3.63, 3.8) is 0 Å². The van der Waals surface area contributed by atoms with Crippen LogP contribution in [0.4, 0.5) is 0 Å². The molecule has 0 unspecified atom stereocenters. The number of piperazine rings is 1. The lowest BCUT2D eigenvalue weighted by atomic mass is 9.84. The standard InChI is InChI=1S/C11H18N2O2/c14-10-7-12-11(15)9(13-10)6-8-4-2-1-3-5-8/h8-9H,1-7H2,(H,12,15)(H,13,14)/t9-/m1/s1. The van der Waals surface area contributed by atoms with Gasteiger partial charge in [0.05, 0.1) is 6.54 Å². The van der Waals surface area contributed by atoms with E-state index < -0.39 is 0 Å².